The first-order chi connectivity index (χ1) is 14.1. The van der Waals surface area contributed by atoms with Crippen molar-refractivity contribution in [1.29, 1.82) is 0 Å². The lowest BCUT2D eigenvalue weighted by atomic mass is 10.1. The van der Waals surface area contributed by atoms with Crippen LogP contribution in [0.1, 0.15) is 36.9 Å². The Morgan fingerprint density at radius 2 is 1.73 bits per heavy atom. The average Bonchev–Trinajstić information content (AvgIpc) is 3.10. The van der Waals surface area contributed by atoms with Crippen LogP contribution in [0.25, 0.3) is 10.6 Å². The zero-order chi connectivity index (χ0) is 22.1. The molecule has 5 nitrogen and oxygen atoms in total. The fourth-order valence-corrected chi connectivity index (χ4v) is 3.68. The zero-order valence-corrected chi connectivity index (χ0v) is 17.1. The smallest absolute Gasteiger partial charge is 0.416 e. The van der Waals surface area contributed by atoms with Crippen LogP contribution in [-0.4, -0.2) is 24.0 Å². The van der Waals surface area contributed by atoms with E-state index < -0.39 is 23.6 Å². The highest BCUT2D eigenvalue weighted by Crippen LogP contribution is 2.33. The highest BCUT2D eigenvalue weighted by Gasteiger charge is 2.30. The van der Waals surface area contributed by atoms with E-state index >= 15 is 0 Å². The van der Waals surface area contributed by atoms with Crippen molar-refractivity contribution in [2.75, 3.05) is 12.4 Å². The number of halogens is 3. The van der Waals surface area contributed by atoms with Crippen LogP contribution < -0.4 is 5.32 Å². The van der Waals surface area contributed by atoms with Gasteiger partial charge in [0.1, 0.15) is 9.88 Å². The SMILES string of the molecule is COC(=O)c1ccc(C)c(NC(=O)c2sc(-c3ccc(C(F)(F)F)cc3)nc2C)c1. The maximum absolute atomic E-state index is 12.8. The number of carbonyl (C=O) groups is 2. The first-order valence-electron chi connectivity index (χ1n) is 8.75. The van der Waals surface area contributed by atoms with Gasteiger partial charge in [0.05, 0.1) is 23.9 Å². The van der Waals surface area contributed by atoms with Gasteiger partial charge in [0.2, 0.25) is 0 Å². The van der Waals surface area contributed by atoms with E-state index in [1.165, 1.54) is 25.3 Å². The summed E-state index contributed by atoms with van der Waals surface area (Å²) in [5.74, 6) is -0.947. The third kappa shape index (κ3) is 4.51. The Labute approximate surface area is 174 Å². The second-order valence-corrected chi connectivity index (χ2v) is 7.48. The standard InChI is InChI=1S/C21H17F3N2O3S/c1-11-4-5-14(20(28)29-3)10-16(11)26-18(27)17-12(2)25-19(30-17)13-6-8-15(9-7-13)21(22,23)24/h4-10H,1-3H3,(H,26,27). The largest absolute Gasteiger partial charge is 0.465 e. The van der Waals surface area contributed by atoms with Gasteiger partial charge in [0.25, 0.3) is 5.91 Å². The molecule has 0 fully saturated rings. The molecule has 1 aromatic heterocycles. The molecule has 9 heteroatoms. The Hall–Kier alpha value is -3.20. The highest BCUT2D eigenvalue weighted by atomic mass is 32.1. The molecule has 156 valence electrons. The van der Waals surface area contributed by atoms with E-state index in [4.69, 9.17) is 4.74 Å². The third-order valence-corrected chi connectivity index (χ3v) is 5.57. The first-order valence-corrected chi connectivity index (χ1v) is 9.57. The lowest BCUT2D eigenvalue weighted by Gasteiger charge is -2.09. The van der Waals surface area contributed by atoms with Gasteiger partial charge in [-0.2, -0.15) is 13.2 Å². The average molecular weight is 434 g/mol. The Morgan fingerprint density at radius 3 is 2.33 bits per heavy atom. The van der Waals surface area contributed by atoms with Crippen molar-refractivity contribution in [3.8, 4) is 10.6 Å². The van der Waals surface area contributed by atoms with Gasteiger partial charge < -0.3 is 10.1 Å². The van der Waals surface area contributed by atoms with Crippen molar-refractivity contribution in [2.24, 2.45) is 0 Å². The molecular weight excluding hydrogens is 417 g/mol. The lowest BCUT2D eigenvalue weighted by molar-refractivity contribution is -0.137. The van der Waals surface area contributed by atoms with E-state index in [-0.39, 0.29) is 0 Å². The predicted octanol–water partition coefficient (Wildman–Crippen LogP) is 5.48. The van der Waals surface area contributed by atoms with Gasteiger partial charge in [-0.15, -0.1) is 11.3 Å². The zero-order valence-electron chi connectivity index (χ0n) is 16.3. The topological polar surface area (TPSA) is 68.3 Å². The quantitative estimate of drug-likeness (QED) is 0.552. The number of amides is 1. The number of thiazole rings is 1. The van der Waals surface area contributed by atoms with Crippen molar-refractivity contribution in [2.45, 2.75) is 20.0 Å². The molecule has 1 amide bonds. The molecule has 0 aliphatic rings. The monoisotopic (exact) mass is 434 g/mol. The molecule has 0 unspecified atom stereocenters. The number of benzene rings is 2. The molecule has 3 rings (SSSR count). The van der Waals surface area contributed by atoms with Gasteiger partial charge in [0.15, 0.2) is 0 Å². The molecule has 0 aliphatic carbocycles. The number of hydrogen-bond donors (Lipinski definition) is 1. The maximum atomic E-state index is 12.8. The summed E-state index contributed by atoms with van der Waals surface area (Å²) in [6, 6.07) is 9.42. The summed E-state index contributed by atoms with van der Waals surface area (Å²) in [6.07, 6.45) is -4.42. The summed E-state index contributed by atoms with van der Waals surface area (Å²) in [5.41, 5.74) is 1.68. The number of nitrogens with zero attached hydrogens (tertiary/aromatic N) is 1. The minimum absolute atomic E-state index is 0.296. The van der Waals surface area contributed by atoms with E-state index in [9.17, 15) is 22.8 Å². The second-order valence-electron chi connectivity index (χ2n) is 6.48. The van der Waals surface area contributed by atoms with Gasteiger partial charge in [-0.1, -0.05) is 18.2 Å². The highest BCUT2D eigenvalue weighted by molar-refractivity contribution is 7.17. The van der Waals surface area contributed by atoms with Crippen LogP contribution in [0.3, 0.4) is 0 Å². The van der Waals surface area contributed by atoms with E-state index in [0.717, 1.165) is 29.0 Å². The number of aryl methyl sites for hydroxylation is 2. The molecule has 0 saturated carbocycles. The summed E-state index contributed by atoms with van der Waals surface area (Å²) < 4.78 is 42.9. The summed E-state index contributed by atoms with van der Waals surface area (Å²) in [6.45, 7) is 3.43. The number of alkyl halides is 3. The van der Waals surface area contributed by atoms with Crippen LogP contribution in [0.15, 0.2) is 42.5 Å². The van der Waals surface area contributed by atoms with Crippen LogP contribution in [-0.2, 0) is 10.9 Å². The van der Waals surface area contributed by atoms with Crippen LogP contribution in [0.2, 0.25) is 0 Å². The van der Waals surface area contributed by atoms with Crippen LogP contribution >= 0.6 is 11.3 Å². The van der Waals surface area contributed by atoms with Crippen molar-refractivity contribution < 1.29 is 27.5 Å². The van der Waals surface area contributed by atoms with Crippen molar-refractivity contribution in [3.05, 3.63) is 69.7 Å². The Morgan fingerprint density at radius 1 is 1.07 bits per heavy atom. The Kier molecular flexibility index (Phi) is 5.93. The molecule has 0 spiro atoms. The molecule has 0 radical (unpaired) electrons. The molecule has 3 aromatic rings. The molecule has 0 atom stereocenters. The first kappa shape index (κ1) is 21.5. The van der Waals surface area contributed by atoms with Gasteiger partial charge >= 0.3 is 12.1 Å². The molecule has 1 heterocycles. The summed E-state index contributed by atoms with van der Waals surface area (Å²) in [5, 5.41) is 3.19. The van der Waals surface area contributed by atoms with Crippen molar-refractivity contribution in [3.63, 3.8) is 0 Å². The summed E-state index contributed by atoms with van der Waals surface area (Å²) in [7, 11) is 1.27. The third-order valence-electron chi connectivity index (χ3n) is 4.37. The fourth-order valence-electron chi connectivity index (χ4n) is 2.71. The molecule has 30 heavy (non-hydrogen) atoms. The number of ether oxygens (including phenoxy) is 1. The van der Waals surface area contributed by atoms with E-state index in [2.05, 4.69) is 10.3 Å². The minimum atomic E-state index is -4.42. The number of nitrogens with one attached hydrogen (secondary N) is 1. The maximum Gasteiger partial charge on any atom is 0.416 e. The van der Waals surface area contributed by atoms with Gasteiger partial charge in [-0.25, -0.2) is 9.78 Å². The summed E-state index contributed by atoms with van der Waals surface area (Å²) >= 11 is 1.08. The number of anilines is 1. The van der Waals surface area contributed by atoms with Crippen LogP contribution in [0.4, 0.5) is 18.9 Å². The number of aromatic nitrogens is 1. The number of methoxy groups -OCH3 is 1. The van der Waals surface area contributed by atoms with Crippen molar-refractivity contribution >= 4 is 28.9 Å². The van der Waals surface area contributed by atoms with Crippen molar-refractivity contribution in [1.82, 2.24) is 4.98 Å². The van der Waals surface area contributed by atoms with E-state index in [1.54, 1.807) is 26.0 Å². The normalized spacial score (nSPS) is 11.3. The van der Waals surface area contributed by atoms with E-state index in [0.29, 0.717) is 32.4 Å². The molecular formula is C21H17F3N2O3S. The Balaban J connectivity index is 1.85. The molecule has 2 aromatic carbocycles. The predicted molar refractivity (Wildman–Crippen MR) is 108 cm³/mol. The van der Waals surface area contributed by atoms with Crippen LogP contribution in [0, 0.1) is 13.8 Å². The fraction of sp³-hybridized carbons (Fsp3) is 0.190. The number of rotatable bonds is 4. The number of carbonyl (C=O) groups excluding carboxylic acids is 2. The summed E-state index contributed by atoms with van der Waals surface area (Å²) in [4.78, 5) is 29.1. The Bertz CT molecular complexity index is 1110. The molecule has 1 N–H and O–H groups in total. The second kappa shape index (κ2) is 8.27. The molecule has 0 saturated heterocycles. The minimum Gasteiger partial charge on any atom is -0.465 e. The van der Waals surface area contributed by atoms with E-state index in [1.807, 2.05) is 0 Å². The lowest BCUT2D eigenvalue weighted by Crippen LogP contribution is -2.13. The number of esters is 1. The van der Waals surface area contributed by atoms with Gasteiger partial charge in [-0.3, -0.25) is 4.79 Å². The molecule has 0 aliphatic heterocycles. The number of hydrogen-bond acceptors (Lipinski definition) is 5. The van der Waals surface area contributed by atoms with Crippen LogP contribution in [0.5, 0.6) is 0 Å². The van der Waals surface area contributed by atoms with Gasteiger partial charge in [-0.05, 0) is 43.7 Å². The van der Waals surface area contributed by atoms with Gasteiger partial charge in [0, 0.05) is 11.3 Å². The molecule has 0 bridgehead atoms.